The van der Waals surface area contributed by atoms with Crippen LogP contribution in [0.5, 0.6) is 5.88 Å². The molecule has 26 heavy (non-hydrogen) atoms. The van der Waals surface area contributed by atoms with Gasteiger partial charge in [-0.1, -0.05) is 0 Å². The second-order valence-electron chi connectivity index (χ2n) is 6.92. The van der Waals surface area contributed by atoms with E-state index in [0.29, 0.717) is 19.0 Å². The summed E-state index contributed by atoms with van der Waals surface area (Å²) >= 11 is 0. The average molecular weight is 370 g/mol. The van der Waals surface area contributed by atoms with E-state index in [4.69, 9.17) is 14.3 Å². The van der Waals surface area contributed by atoms with Crippen LogP contribution in [0.25, 0.3) is 0 Å². The number of nitrogens with zero attached hydrogens (tertiary/aromatic N) is 4. The molecule has 1 rings (SSSR count). The lowest BCUT2D eigenvalue weighted by molar-refractivity contribution is -0.0760. The van der Waals surface area contributed by atoms with Crippen LogP contribution < -0.4 is 4.74 Å². The highest BCUT2D eigenvalue weighted by atomic mass is 16.7. The van der Waals surface area contributed by atoms with E-state index in [1.54, 1.807) is 11.9 Å². The van der Waals surface area contributed by atoms with E-state index in [1.165, 1.54) is 24.9 Å². The Morgan fingerprint density at radius 2 is 1.96 bits per heavy atom. The number of amides is 2. The fourth-order valence-corrected chi connectivity index (χ4v) is 2.12. The van der Waals surface area contributed by atoms with Crippen molar-refractivity contribution in [1.82, 2.24) is 19.7 Å². The van der Waals surface area contributed by atoms with E-state index in [2.05, 4.69) is 5.10 Å². The number of carbonyl (C=O) groups excluding carboxylic acids is 2. The fourth-order valence-electron chi connectivity index (χ4n) is 2.12. The minimum absolute atomic E-state index is 0.207. The summed E-state index contributed by atoms with van der Waals surface area (Å²) in [5, 5.41) is 5.21. The summed E-state index contributed by atoms with van der Waals surface area (Å²) in [6.07, 6.45) is -0.709. The van der Waals surface area contributed by atoms with Gasteiger partial charge in [-0.25, -0.2) is 14.5 Å². The van der Waals surface area contributed by atoms with Crippen molar-refractivity contribution >= 4 is 12.0 Å². The first-order valence-corrected chi connectivity index (χ1v) is 8.49. The second-order valence-corrected chi connectivity index (χ2v) is 6.92. The maximum Gasteiger partial charge on any atom is 0.410 e. The minimum Gasteiger partial charge on any atom is -0.473 e. The number of likely N-dealkylation sites (N-methyl/N-ethyl adjacent to an activating group) is 1. The van der Waals surface area contributed by atoms with Crippen LogP contribution in [0.3, 0.4) is 0 Å². The molecule has 9 nitrogen and oxygen atoms in total. The molecule has 0 fully saturated rings. The van der Waals surface area contributed by atoms with Gasteiger partial charge in [-0.2, -0.15) is 5.10 Å². The maximum absolute atomic E-state index is 12.2. The van der Waals surface area contributed by atoms with Gasteiger partial charge in [-0.3, -0.25) is 9.63 Å². The number of aryl methyl sites for hydroxylation is 1. The van der Waals surface area contributed by atoms with Crippen LogP contribution in [0, 0.1) is 0 Å². The van der Waals surface area contributed by atoms with Gasteiger partial charge in [0.25, 0.3) is 5.91 Å². The van der Waals surface area contributed by atoms with Crippen LogP contribution in [0.1, 0.15) is 45.1 Å². The Hall–Kier alpha value is -2.29. The summed E-state index contributed by atoms with van der Waals surface area (Å²) in [6.45, 7) is 10.0. The van der Waals surface area contributed by atoms with Gasteiger partial charge in [0.15, 0.2) is 5.69 Å². The molecule has 1 atom stereocenters. The third-order valence-electron chi connectivity index (χ3n) is 3.45. The first-order valence-electron chi connectivity index (χ1n) is 8.49. The third-order valence-corrected chi connectivity index (χ3v) is 3.45. The standard InChI is InChI=1S/C17H30N4O5/c1-9-21(16(23)26-17(3,4)5)11-12(2)25-14-10-13(18-19(14)6)15(22)20(7)24-8/h10,12H,9,11H2,1-8H3/t12-/m0/s1. The Morgan fingerprint density at radius 1 is 1.35 bits per heavy atom. The summed E-state index contributed by atoms with van der Waals surface area (Å²) in [5.74, 6) is 0.0418. The SMILES string of the molecule is CCN(C[C@H](C)Oc1cc(C(=O)N(C)OC)nn1C)C(=O)OC(C)(C)C. The highest BCUT2D eigenvalue weighted by Crippen LogP contribution is 2.16. The number of hydroxylamine groups is 2. The van der Waals surface area contributed by atoms with Gasteiger partial charge < -0.3 is 14.4 Å². The average Bonchev–Trinajstić information content (AvgIpc) is 2.90. The van der Waals surface area contributed by atoms with Crippen molar-refractivity contribution in [1.29, 1.82) is 0 Å². The molecule has 0 unspecified atom stereocenters. The Balaban J connectivity index is 2.75. The van der Waals surface area contributed by atoms with Crippen molar-refractivity contribution in [3.05, 3.63) is 11.8 Å². The Bertz CT molecular complexity index is 623. The van der Waals surface area contributed by atoms with E-state index in [9.17, 15) is 9.59 Å². The van der Waals surface area contributed by atoms with Crippen LogP contribution >= 0.6 is 0 Å². The predicted molar refractivity (Wildman–Crippen MR) is 95.9 cm³/mol. The summed E-state index contributed by atoms with van der Waals surface area (Å²) in [6, 6.07) is 1.54. The number of aromatic nitrogens is 2. The molecule has 1 aromatic heterocycles. The van der Waals surface area contributed by atoms with Gasteiger partial charge in [-0.15, -0.1) is 0 Å². The highest BCUT2D eigenvalue weighted by Gasteiger charge is 2.24. The smallest absolute Gasteiger partial charge is 0.410 e. The van der Waals surface area contributed by atoms with Crippen molar-refractivity contribution in [2.45, 2.75) is 46.3 Å². The molecular formula is C17H30N4O5. The van der Waals surface area contributed by atoms with Crippen molar-refractivity contribution < 1.29 is 23.9 Å². The summed E-state index contributed by atoms with van der Waals surface area (Å²) in [5.41, 5.74) is -0.349. The molecule has 0 aliphatic heterocycles. The minimum atomic E-state index is -0.556. The molecule has 0 bridgehead atoms. The largest absolute Gasteiger partial charge is 0.473 e. The molecule has 0 aliphatic carbocycles. The van der Waals surface area contributed by atoms with Crippen molar-refractivity contribution in [3.8, 4) is 5.88 Å². The van der Waals surface area contributed by atoms with Gasteiger partial charge in [-0.05, 0) is 34.6 Å². The van der Waals surface area contributed by atoms with Gasteiger partial charge in [0.2, 0.25) is 5.88 Å². The Kier molecular flexibility index (Phi) is 7.43. The van der Waals surface area contributed by atoms with Crippen LogP contribution in [0.4, 0.5) is 4.79 Å². The van der Waals surface area contributed by atoms with Crippen LogP contribution in [0.2, 0.25) is 0 Å². The zero-order valence-electron chi connectivity index (χ0n) is 16.9. The van der Waals surface area contributed by atoms with Gasteiger partial charge in [0.05, 0.1) is 13.7 Å². The topological polar surface area (TPSA) is 86.1 Å². The molecule has 0 aliphatic rings. The van der Waals surface area contributed by atoms with E-state index < -0.39 is 11.7 Å². The molecule has 1 heterocycles. The zero-order valence-corrected chi connectivity index (χ0v) is 16.9. The third kappa shape index (κ3) is 6.21. The molecule has 0 N–H and O–H groups in total. The van der Waals surface area contributed by atoms with Gasteiger partial charge in [0, 0.05) is 26.7 Å². The van der Waals surface area contributed by atoms with Crippen molar-refractivity contribution in [2.75, 3.05) is 27.2 Å². The number of carbonyl (C=O) groups is 2. The Morgan fingerprint density at radius 3 is 2.46 bits per heavy atom. The van der Waals surface area contributed by atoms with E-state index in [1.807, 2.05) is 34.6 Å². The number of ether oxygens (including phenoxy) is 2. The molecular weight excluding hydrogens is 340 g/mol. The molecule has 0 saturated carbocycles. The highest BCUT2D eigenvalue weighted by molar-refractivity contribution is 5.91. The van der Waals surface area contributed by atoms with Gasteiger partial charge >= 0.3 is 6.09 Å². The first-order chi connectivity index (χ1) is 12.0. The molecule has 1 aromatic rings. The second kappa shape index (κ2) is 8.88. The van der Waals surface area contributed by atoms with E-state index >= 15 is 0 Å². The summed E-state index contributed by atoms with van der Waals surface area (Å²) in [7, 11) is 4.58. The van der Waals surface area contributed by atoms with Crippen LogP contribution in [0.15, 0.2) is 6.07 Å². The molecule has 0 saturated heterocycles. The maximum atomic E-state index is 12.2. The Labute approximate surface area is 154 Å². The molecule has 148 valence electrons. The van der Waals surface area contributed by atoms with Crippen LogP contribution in [-0.4, -0.2) is 70.7 Å². The summed E-state index contributed by atoms with van der Waals surface area (Å²) in [4.78, 5) is 30.7. The lowest BCUT2D eigenvalue weighted by Crippen LogP contribution is -2.41. The van der Waals surface area contributed by atoms with E-state index in [-0.39, 0.29) is 17.7 Å². The number of hydrogen-bond donors (Lipinski definition) is 0. The quantitative estimate of drug-likeness (QED) is 0.683. The molecule has 0 aromatic carbocycles. The molecule has 0 radical (unpaired) electrons. The number of hydrogen-bond acceptors (Lipinski definition) is 6. The lowest BCUT2D eigenvalue weighted by atomic mass is 10.2. The lowest BCUT2D eigenvalue weighted by Gasteiger charge is -2.28. The summed E-state index contributed by atoms with van der Waals surface area (Å²) < 4.78 is 12.7. The molecule has 2 amide bonds. The molecule has 9 heteroatoms. The van der Waals surface area contributed by atoms with Crippen LogP contribution in [-0.2, 0) is 16.6 Å². The van der Waals surface area contributed by atoms with E-state index in [0.717, 1.165) is 5.06 Å². The molecule has 0 spiro atoms. The zero-order chi connectivity index (χ0) is 20.1. The fraction of sp³-hybridized carbons (Fsp3) is 0.706. The first kappa shape index (κ1) is 21.8. The number of rotatable bonds is 7. The predicted octanol–water partition coefficient (Wildman–Crippen LogP) is 2.08. The van der Waals surface area contributed by atoms with Gasteiger partial charge in [0.1, 0.15) is 11.7 Å². The monoisotopic (exact) mass is 370 g/mol. The van der Waals surface area contributed by atoms with Crippen molar-refractivity contribution in [3.63, 3.8) is 0 Å². The van der Waals surface area contributed by atoms with Crippen molar-refractivity contribution in [2.24, 2.45) is 7.05 Å². The normalized spacial score (nSPS) is 12.5.